The third kappa shape index (κ3) is 10.7. The van der Waals surface area contributed by atoms with Gasteiger partial charge in [0.15, 0.2) is 12.5 Å². The van der Waals surface area contributed by atoms with Crippen LogP contribution in [0.1, 0.15) is 30.0 Å². The molecule has 3 aliphatic heterocycles. The molecule has 51 heavy (non-hydrogen) atoms. The minimum atomic E-state index is -5.97. The molecule has 6 unspecified atom stereocenters. The van der Waals surface area contributed by atoms with E-state index in [-0.39, 0.29) is 17.0 Å². The van der Waals surface area contributed by atoms with Crippen molar-refractivity contribution < 1.29 is 74.3 Å². The van der Waals surface area contributed by atoms with E-state index in [1.54, 1.807) is 25.1 Å². The maximum atomic E-state index is 12.7. The van der Waals surface area contributed by atoms with Gasteiger partial charge in [-0.15, -0.1) is 0 Å². The Morgan fingerprint density at radius 3 is 2.16 bits per heavy atom. The van der Waals surface area contributed by atoms with Gasteiger partial charge in [0, 0.05) is 11.8 Å². The zero-order valence-electron chi connectivity index (χ0n) is 26.9. The third-order valence-corrected chi connectivity index (χ3v) is 13.6. The molecule has 3 heterocycles. The molecule has 0 aliphatic carbocycles. The Kier molecular flexibility index (Phi) is 12.1. The zero-order chi connectivity index (χ0) is 37.2. The fraction of sp³-hybridized carbons (Fsp3) is 0.345. The molecule has 0 spiro atoms. The van der Waals surface area contributed by atoms with Gasteiger partial charge < -0.3 is 44.0 Å². The van der Waals surface area contributed by atoms with Crippen molar-refractivity contribution in [2.24, 2.45) is 0 Å². The van der Waals surface area contributed by atoms with Crippen molar-refractivity contribution >= 4 is 37.0 Å². The highest BCUT2D eigenvalue weighted by molar-refractivity contribution is 7.70. The zero-order valence-corrected chi connectivity index (χ0v) is 30.5. The fourth-order valence-corrected chi connectivity index (χ4v) is 10.6. The summed E-state index contributed by atoms with van der Waals surface area (Å²) in [6, 6.07) is 14.8. The number of hydrogen-bond donors (Lipinski definition) is 5. The number of benzene rings is 2. The average molecular weight is 790 g/mol. The van der Waals surface area contributed by atoms with Gasteiger partial charge in [-0.3, -0.25) is 13.9 Å². The number of phosphoric acid groups is 3. The molecule has 2 saturated heterocycles. The summed E-state index contributed by atoms with van der Waals surface area (Å²) in [7, 11) is -22.4. The Labute approximate surface area is 292 Å². The fourth-order valence-electron chi connectivity index (χ4n) is 5.07. The Balaban J connectivity index is 1.25. The lowest BCUT2D eigenvalue weighted by molar-refractivity contribution is -0.157. The summed E-state index contributed by atoms with van der Waals surface area (Å²) in [5, 5.41) is 2.60. The number of carbonyl (C=O) groups excluding carboxylic acids is 1. The summed E-state index contributed by atoms with van der Waals surface area (Å²) in [6.45, 7) is 6.74. The van der Waals surface area contributed by atoms with Gasteiger partial charge >= 0.3 is 31.1 Å². The van der Waals surface area contributed by atoms with E-state index < -0.39 is 80.6 Å². The smallest absolute Gasteiger partial charge is 0.347 e. The van der Waals surface area contributed by atoms with E-state index in [9.17, 15) is 42.6 Å². The summed E-state index contributed by atoms with van der Waals surface area (Å²) >= 11 is 0. The number of amides is 1. The van der Waals surface area contributed by atoms with Crippen LogP contribution in [0.15, 0.2) is 78.8 Å². The standard InChI is InChI=1S/C29H34N2O16P4/c1-4-25-43-26-24(17-41-49(35,36)46-51(39,40)47-50(37,38)45-48(33,34)18-22-8-6-5-7-9-22)42-29(27(26)44-25)31-16-23(28(32)30-20(31)3)15-14-21-12-10-19(2)11-13-21/h5-13,16,24-27,29H,3-4,17-18H2,1-2H3,(H,30,32)(H,33,34)(H,35,36)(H,37,38)(H,39,40)/t24-,25?,26?,27+,29-/m1/s1. The molecule has 0 saturated carbocycles. The Morgan fingerprint density at radius 1 is 0.863 bits per heavy atom. The van der Waals surface area contributed by atoms with Crippen LogP contribution in [0, 0.1) is 18.8 Å². The molecular weight excluding hydrogens is 756 g/mol. The number of phosphoric ester groups is 1. The largest absolute Gasteiger partial charge is 0.490 e. The highest BCUT2D eigenvalue weighted by Crippen LogP contribution is 2.71. The molecule has 2 fully saturated rings. The number of nitrogens with one attached hydrogen (secondary N) is 1. The SMILES string of the molecule is C=C1NC(=O)C(C#Cc2ccc(C)cc2)=CN1[C@@H]1O[C@H](COP(=O)(O)OP(=O)(O)OP(=O)(O)OP(=O)(O)Cc2ccccc2)C2OC(CC)O[C@@H]21. The molecule has 276 valence electrons. The lowest BCUT2D eigenvalue weighted by Crippen LogP contribution is -2.47. The monoisotopic (exact) mass is 790 g/mol. The van der Waals surface area contributed by atoms with E-state index in [2.05, 4.69) is 36.7 Å². The van der Waals surface area contributed by atoms with Crippen molar-refractivity contribution in [3.8, 4) is 11.8 Å². The molecule has 9 atom stereocenters. The van der Waals surface area contributed by atoms with Crippen molar-refractivity contribution in [2.45, 2.75) is 57.3 Å². The summed E-state index contributed by atoms with van der Waals surface area (Å²) in [6.07, 6.45) is -3.74. The average Bonchev–Trinajstić information content (AvgIpc) is 3.58. The quantitative estimate of drug-likeness (QED) is 0.141. The minimum Gasteiger partial charge on any atom is -0.347 e. The number of carbonyl (C=O) groups is 1. The van der Waals surface area contributed by atoms with Crippen molar-refractivity contribution in [1.29, 1.82) is 0 Å². The second-order valence-corrected chi connectivity index (χ2v) is 17.9. The topological polar surface area (TPSA) is 246 Å². The molecule has 2 aromatic rings. The summed E-state index contributed by atoms with van der Waals surface area (Å²) in [5.74, 6) is 5.30. The molecule has 18 nitrogen and oxygen atoms in total. The molecule has 22 heteroatoms. The first kappa shape index (κ1) is 39.4. The lowest BCUT2D eigenvalue weighted by atomic mass is 10.1. The van der Waals surface area contributed by atoms with Crippen LogP contribution in [0.2, 0.25) is 0 Å². The van der Waals surface area contributed by atoms with Crippen LogP contribution in [0.25, 0.3) is 0 Å². The summed E-state index contributed by atoms with van der Waals surface area (Å²) < 4.78 is 84.9. The van der Waals surface area contributed by atoms with Gasteiger partial charge in [-0.05, 0) is 31.0 Å². The first-order valence-corrected chi connectivity index (χ1v) is 21.3. The molecule has 0 radical (unpaired) electrons. The first-order valence-electron chi connectivity index (χ1n) is 15.0. The Hall–Kier alpha value is -2.77. The number of aryl methyl sites for hydroxylation is 1. The highest BCUT2D eigenvalue weighted by Gasteiger charge is 2.55. The van der Waals surface area contributed by atoms with E-state index in [1.807, 2.05) is 19.1 Å². The van der Waals surface area contributed by atoms with Gasteiger partial charge in [0.1, 0.15) is 29.7 Å². The van der Waals surface area contributed by atoms with Crippen LogP contribution >= 0.6 is 31.1 Å². The first-order chi connectivity index (χ1) is 23.8. The Bertz CT molecular complexity index is 1930. The van der Waals surface area contributed by atoms with Gasteiger partial charge in [-0.1, -0.05) is 73.4 Å². The predicted molar refractivity (Wildman–Crippen MR) is 176 cm³/mol. The number of rotatable bonds is 13. The van der Waals surface area contributed by atoms with E-state index in [0.717, 1.165) is 5.56 Å². The van der Waals surface area contributed by atoms with Crippen LogP contribution in [0.5, 0.6) is 0 Å². The maximum Gasteiger partial charge on any atom is 0.490 e. The van der Waals surface area contributed by atoms with Crippen LogP contribution in [-0.2, 0) is 60.9 Å². The van der Waals surface area contributed by atoms with Crippen molar-refractivity contribution in [3.05, 3.63) is 95.5 Å². The number of fused-ring (bicyclic) bond motifs is 1. The summed E-state index contributed by atoms with van der Waals surface area (Å²) in [4.78, 5) is 54.2. The number of nitrogens with zero attached hydrogens (tertiary/aromatic N) is 1. The van der Waals surface area contributed by atoms with Crippen molar-refractivity contribution in [2.75, 3.05) is 6.61 Å². The second kappa shape index (κ2) is 15.7. The van der Waals surface area contributed by atoms with Crippen LogP contribution < -0.4 is 5.32 Å². The molecular formula is C29H34N2O16P4. The van der Waals surface area contributed by atoms with E-state index in [1.165, 1.54) is 35.4 Å². The predicted octanol–water partition coefficient (Wildman–Crippen LogP) is 4.13. The molecule has 2 aromatic carbocycles. The molecule has 0 aromatic heterocycles. The summed E-state index contributed by atoms with van der Waals surface area (Å²) in [5.41, 5.74) is 1.98. The molecule has 5 N–H and O–H groups in total. The van der Waals surface area contributed by atoms with Gasteiger partial charge in [-0.2, -0.15) is 8.62 Å². The van der Waals surface area contributed by atoms with Gasteiger partial charge in [-0.25, -0.2) is 18.0 Å². The lowest BCUT2D eigenvalue weighted by Gasteiger charge is -2.34. The van der Waals surface area contributed by atoms with Crippen molar-refractivity contribution in [3.63, 3.8) is 0 Å². The van der Waals surface area contributed by atoms with E-state index >= 15 is 0 Å². The van der Waals surface area contributed by atoms with E-state index in [0.29, 0.717) is 12.0 Å². The molecule has 0 bridgehead atoms. The van der Waals surface area contributed by atoms with Gasteiger partial charge in [0.25, 0.3) is 5.91 Å². The maximum absolute atomic E-state index is 12.7. The van der Waals surface area contributed by atoms with E-state index in [4.69, 9.17) is 18.7 Å². The van der Waals surface area contributed by atoms with Gasteiger partial charge in [0.2, 0.25) is 0 Å². The second-order valence-electron chi connectivity index (χ2n) is 11.3. The highest BCUT2D eigenvalue weighted by atomic mass is 31.3. The number of ether oxygens (including phenoxy) is 3. The molecule has 5 rings (SSSR count). The normalized spacial score (nSPS) is 27.8. The van der Waals surface area contributed by atoms with Crippen LogP contribution in [0.4, 0.5) is 0 Å². The molecule has 3 aliphatic rings. The van der Waals surface area contributed by atoms with Gasteiger partial charge in [0.05, 0.1) is 12.8 Å². The number of hydrogen-bond acceptors (Lipinski definition) is 13. The molecule has 1 amide bonds. The third-order valence-electron chi connectivity index (χ3n) is 7.26. The van der Waals surface area contributed by atoms with Crippen molar-refractivity contribution in [1.82, 2.24) is 10.2 Å². The van der Waals surface area contributed by atoms with Crippen LogP contribution in [0.3, 0.4) is 0 Å². The van der Waals surface area contributed by atoms with Crippen LogP contribution in [-0.4, -0.2) is 67.8 Å². The Morgan fingerprint density at radius 2 is 1.49 bits per heavy atom. The minimum absolute atomic E-state index is 0.0588.